The third kappa shape index (κ3) is 2.62. The summed E-state index contributed by atoms with van der Waals surface area (Å²) in [5.41, 5.74) is 0.806. The lowest BCUT2D eigenvalue weighted by atomic mass is 10.0. The maximum Gasteiger partial charge on any atom is 0.297 e. The van der Waals surface area contributed by atoms with Crippen molar-refractivity contribution in [1.82, 2.24) is 15.2 Å². The second-order valence-electron chi connectivity index (χ2n) is 6.47. The molecule has 0 aliphatic carbocycles. The van der Waals surface area contributed by atoms with E-state index in [4.69, 9.17) is 9.15 Å². The summed E-state index contributed by atoms with van der Waals surface area (Å²) in [5.74, 6) is 0.0665. The standard InChI is InChI=1S/C20H14N4O4S/c1-10-22-23-20(29-10)24-16(13-5-3-4-8-21-13)15-17(25)12-7-6-11(27-2)9-14(12)28-18(15)19(24)26/h3-9,16H,1-2H3. The maximum absolute atomic E-state index is 13.4. The summed E-state index contributed by atoms with van der Waals surface area (Å²) < 4.78 is 11.1. The Labute approximate surface area is 168 Å². The van der Waals surface area contributed by atoms with Crippen LogP contribution >= 0.6 is 11.3 Å². The van der Waals surface area contributed by atoms with Crippen LogP contribution in [0.2, 0.25) is 0 Å². The number of anilines is 1. The van der Waals surface area contributed by atoms with Crippen molar-refractivity contribution < 1.29 is 13.9 Å². The first kappa shape index (κ1) is 17.5. The van der Waals surface area contributed by atoms with Gasteiger partial charge in [-0.15, -0.1) is 10.2 Å². The third-order valence-electron chi connectivity index (χ3n) is 4.77. The van der Waals surface area contributed by atoms with Gasteiger partial charge in [-0.05, 0) is 31.2 Å². The Balaban J connectivity index is 1.81. The second kappa shape index (κ2) is 6.49. The smallest absolute Gasteiger partial charge is 0.297 e. The van der Waals surface area contributed by atoms with Crippen molar-refractivity contribution >= 4 is 33.3 Å². The fraction of sp³-hybridized carbons (Fsp3) is 0.150. The first-order valence-corrected chi connectivity index (χ1v) is 9.59. The van der Waals surface area contributed by atoms with Crippen LogP contribution in [0.1, 0.15) is 32.9 Å². The molecule has 0 spiro atoms. The Kier molecular flexibility index (Phi) is 3.92. The summed E-state index contributed by atoms with van der Waals surface area (Å²) in [6, 6.07) is 9.53. The molecule has 1 unspecified atom stereocenters. The van der Waals surface area contributed by atoms with E-state index in [0.717, 1.165) is 0 Å². The largest absolute Gasteiger partial charge is 0.497 e. The summed E-state index contributed by atoms with van der Waals surface area (Å²) >= 11 is 1.27. The number of pyridine rings is 1. The maximum atomic E-state index is 13.4. The van der Waals surface area contributed by atoms with Gasteiger partial charge in [0.25, 0.3) is 5.91 Å². The molecule has 0 bridgehead atoms. The predicted molar refractivity (Wildman–Crippen MR) is 107 cm³/mol. The summed E-state index contributed by atoms with van der Waals surface area (Å²) in [5, 5.41) is 9.59. The number of carbonyl (C=O) groups is 1. The molecule has 5 rings (SSSR count). The number of rotatable bonds is 3. The third-order valence-corrected chi connectivity index (χ3v) is 5.61. The van der Waals surface area contributed by atoms with Gasteiger partial charge >= 0.3 is 0 Å². The molecule has 8 nitrogen and oxygen atoms in total. The van der Waals surface area contributed by atoms with E-state index in [2.05, 4.69) is 15.2 Å². The highest BCUT2D eigenvalue weighted by atomic mass is 32.1. The average Bonchev–Trinajstić information content (AvgIpc) is 3.29. The molecule has 144 valence electrons. The molecule has 1 amide bonds. The number of hydrogen-bond donors (Lipinski definition) is 0. The molecule has 3 aromatic heterocycles. The molecule has 4 aromatic rings. The molecule has 29 heavy (non-hydrogen) atoms. The summed E-state index contributed by atoms with van der Waals surface area (Å²) in [4.78, 5) is 32.5. The van der Waals surface area contributed by atoms with E-state index in [1.807, 2.05) is 6.07 Å². The Morgan fingerprint density at radius 1 is 1.17 bits per heavy atom. The quantitative estimate of drug-likeness (QED) is 0.515. The van der Waals surface area contributed by atoms with Crippen molar-refractivity contribution in [1.29, 1.82) is 0 Å². The summed E-state index contributed by atoms with van der Waals surface area (Å²) in [6.45, 7) is 1.80. The molecule has 9 heteroatoms. The van der Waals surface area contributed by atoms with Gasteiger partial charge in [0.05, 0.1) is 23.8 Å². The number of fused-ring (bicyclic) bond motifs is 2. The highest BCUT2D eigenvalue weighted by Crippen LogP contribution is 2.41. The van der Waals surface area contributed by atoms with Crippen molar-refractivity contribution in [3.05, 3.63) is 74.8 Å². The molecular weight excluding hydrogens is 392 g/mol. The minimum absolute atomic E-state index is 0.0146. The van der Waals surface area contributed by atoms with Crippen molar-refractivity contribution in [2.75, 3.05) is 12.0 Å². The predicted octanol–water partition coefficient (Wildman–Crippen LogP) is 3.11. The van der Waals surface area contributed by atoms with Gasteiger partial charge in [0, 0.05) is 12.3 Å². The lowest BCUT2D eigenvalue weighted by Gasteiger charge is -2.20. The van der Waals surface area contributed by atoms with Crippen LogP contribution in [0.4, 0.5) is 5.13 Å². The van der Waals surface area contributed by atoms with Crippen LogP contribution in [-0.4, -0.2) is 28.2 Å². The minimum atomic E-state index is -0.742. The number of hydrogen-bond acceptors (Lipinski definition) is 8. The molecule has 4 heterocycles. The topological polar surface area (TPSA) is 98.4 Å². The van der Waals surface area contributed by atoms with Gasteiger partial charge in [0.2, 0.25) is 10.9 Å². The molecule has 1 aliphatic rings. The van der Waals surface area contributed by atoms with Gasteiger partial charge in [-0.2, -0.15) is 0 Å². The summed E-state index contributed by atoms with van der Waals surface area (Å²) in [7, 11) is 1.52. The molecule has 1 aliphatic heterocycles. The zero-order valence-corrected chi connectivity index (χ0v) is 16.3. The van der Waals surface area contributed by atoms with E-state index < -0.39 is 11.9 Å². The SMILES string of the molecule is COc1ccc2c(=O)c3c(oc2c1)C(=O)N(c1nnc(C)s1)C3c1ccccn1. The van der Waals surface area contributed by atoms with Gasteiger partial charge < -0.3 is 9.15 Å². The van der Waals surface area contributed by atoms with Gasteiger partial charge in [-0.3, -0.25) is 19.5 Å². The molecule has 0 saturated heterocycles. The van der Waals surface area contributed by atoms with E-state index in [9.17, 15) is 9.59 Å². The van der Waals surface area contributed by atoms with E-state index >= 15 is 0 Å². The Morgan fingerprint density at radius 3 is 2.72 bits per heavy atom. The number of benzene rings is 1. The average molecular weight is 406 g/mol. The minimum Gasteiger partial charge on any atom is -0.497 e. The van der Waals surface area contributed by atoms with Crippen LogP contribution in [0.3, 0.4) is 0 Å². The normalized spacial score (nSPS) is 15.7. The lowest BCUT2D eigenvalue weighted by Crippen LogP contribution is -2.30. The Hall–Kier alpha value is -3.59. The fourth-order valence-electron chi connectivity index (χ4n) is 3.48. The zero-order chi connectivity index (χ0) is 20.1. The highest BCUT2D eigenvalue weighted by molar-refractivity contribution is 7.15. The van der Waals surface area contributed by atoms with Crippen molar-refractivity contribution in [2.24, 2.45) is 0 Å². The Bertz CT molecular complexity index is 1320. The van der Waals surface area contributed by atoms with E-state index in [0.29, 0.717) is 27.0 Å². The van der Waals surface area contributed by atoms with Crippen LogP contribution in [0.15, 0.2) is 51.8 Å². The van der Waals surface area contributed by atoms with Crippen LogP contribution < -0.4 is 15.1 Å². The number of aryl methyl sites for hydroxylation is 1. The first-order valence-electron chi connectivity index (χ1n) is 8.78. The molecule has 0 N–H and O–H groups in total. The van der Waals surface area contributed by atoms with Crippen LogP contribution in [0.25, 0.3) is 11.0 Å². The number of nitrogens with zero attached hydrogens (tertiary/aromatic N) is 4. The van der Waals surface area contributed by atoms with Crippen molar-refractivity contribution in [2.45, 2.75) is 13.0 Å². The number of carbonyl (C=O) groups excluding carboxylic acids is 1. The number of aromatic nitrogens is 3. The monoisotopic (exact) mass is 406 g/mol. The van der Waals surface area contributed by atoms with Crippen LogP contribution in [-0.2, 0) is 0 Å². The number of methoxy groups -OCH3 is 1. The van der Waals surface area contributed by atoms with Gasteiger partial charge in [-0.25, -0.2) is 0 Å². The molecule has 0 fully saturated rings. The van der Waals surface area contributed by atoms with Crippen LogP contribution in [0, 0.1) is 6.92 Å². The zero-order valence-electron chi connectivity index (χ0n) is 15.4. The van der Waals surface area contributed by atoms with Gasteiger partial charge in [-0.1, -0.05) is 17.4 Å². The van der Waals surface area contributed by atoms with E-state index in [1.165, 1.54) is 23.3 Å². The van der Waals surface area contributed by atoms with Gasteiger partial charge in [0.1, 0.15) is 22.4 Å². The first-order chi connectivity index (χ1) is 14.1. The van der Waals surface area contributed by atoms with Crippen molar-refractivity contribution in [3.63, 3.8) is 0 Å². The highest BCUT2D eigenvalue weighted by Gasteiger charge is 2.45. The number of amides is 1. The van der Waals surface area contributed by atoms with Crippen molar-refractivity contribution in [3.8, 4) is 5.75 Å². The number of ether oxygens (including phenoxy) is 1. The van der Waals surface area contributed by atoms with Crippen LogP contribution in [0.5, 0.6) is 5.75 Å². The van der Waals surface area contributed by atoms with E-state index in [-0.39, 0.29) is 22.3 Å². The molecule has 1 aromatic carbocycles. The lowest BCUT2D eigenvalue weighted by molar-refractivity contribution is 0.0970. The summed E-state index contributed by atoms with van der Waals surface area (Å²) in [6.07, 6.45) is 1.62. The molecule has 0 radical (unpaired) electrons. The van der Waals surface area contributed by atoms with E-state index in [1.54, 1.807) is 43.5 Å². The van der Waals surface area contributed by atoms with Gasteiger partial charge in [0.15, 0.2) is 5.43 Å². The molecule has 0 saturated carbocycles. The molecular formula is C20H14N4O4S. The molecule has 1 atom stereocenters. The second-order valence-corrected chi connectivity index (χ2v) is 7.63. The Morgan fingerprint density at radius 2 is 2.03 bits per heavy atom. The fourth-order valence-corrected chi connectivity index (χ4v) is 4.19.